The van der Waals surface area contributed by atoms with Gasteiger partial charge in [-0.2, -0.15) is 0 Å². The Hall–Kier alpha value is -0.120. The van der Waals surface area contributed by atoms with E-state index in [1.807, 2.05) is 0 Å². The van der Waals surface area contributed by atoms with Crippen LogP contribution >= 0.6 is 0 Å². The first-order valence-corrected chi connectivity index (χ1v) is 8.34. The summed E-state index contributed by atoms with van der Waals surface area (Å²) >= 11 is 0. The lowest BCUT2D eigenvalue weighted by Crippen LogP contribution is -2.64. The van der Waals surface area contributed by atoms with Crippen molar-refractivity contribution in [1.82, 2.24) is 15.5 Å². The Balaban J connectivity index is 1.98. The van der Waals surface area contributed by atoms with Crippen LogP contribution in [0.5, 0.6) is 0 Å². The molecule has 0 bridgehead atoms. The maximum atomic E-state index is 4.00. The van der Waals surface area contributed by atoms with Crippen LogP contribution in [0.15, 0.2) is 0 Å². The van der Waals surface area contributed by atoms with E-state index in [-0.39, 0.29) is 11.1 Å². The molecule has 0 saturated carbocycles. The van der Waals surface area contributed by atoms with Crippen molar-refractivity contribution >= 4 is 0 Å². The molecule has 2 N–H and O–H groups in total. The SMILES string of the molecule is CC1CN(C)C(C)CC1NC1CC(C)(C)NC(C)(C)C1. The van der Waals surface area contributed by atoms with E-state index in [1.54, 1.807) is 0 Å². The zero-order chi connectivity index (χ0) is 15.1. The van der Waals surface area contributed by atoms with Gasteiger partial charge in [-0.05, 0) is 66.8 Å². The molecule has 118 valence electrons. The van der Waals surface area contributed by atoms with Crippen LogP contribution in [-0.2, 0) is 0 Å². The first-order valence-electron chi connectivity index (χ1n) is 8.34. The van der Waals surface area contributed by atoms with E-state index in [2.05, 4.69) is 64.1 Å². The largest absolute Gasteiger partial charge is 0.311 e. The van der Waals surface area contributed by atoms with Gasteiger partial charge in [-0.25, -0.2) is 0 Å². The van der Waals surface area contributed by atoms with Crippen molar-refractivity contribution in [2.45, 2.75) is 90.0 Å². The molecule has 0 spiro atoms. The zero-order valence-electron chi connectivity index (χ0n) is 14.6. The summed E-state index contributed by atoms with van der Waals surface area (Å²) in [5, 5.41) is 7.78. The molecular formula is C17H35N3. The maximum absolute atomic E-state index is 4.00. The van der Waals surface area contributed by atoms with E-state index in [4.69, 9.17) is 0 Å². The zero-order valence-corrected chi connectivity index (χ0v) is 14.6. The van der Waals surface area contributed by atoms with Gasteiger partial charge in [-0.1, -0.05) is 6.92 Å². The molecule has 0 radical (unpaired) electrons. The normalized spacial score (nSPS) is 38.9. The molecule has 2 heterocycles. The second kappa shape index (κ2) is 5.58. The third kappa shape index (κ3) is 3.96. The molecule has 0 aromatic heterocycles. The fourth-order valence-electron chi connectivity index (χ4n) is 4.52. The van der Waals surface area contributed by atoms with Crippen LogP contribution < -0.4 is 10.6 Å². The second-order valence-electron chi connectivity index (χ2n) is 8.77. The summed E-state index contributed by atoms with van der Waals surface area (Å²) in [6.07, 6.45) is 3.73. The summed E-state index contributed by atoms with van der Waals surface area (Å²) in [7, 11) is 2.26. The molecule has 2 aliphatic heterocycles. The Morgan fingerprint density at radius 2 is 1.60 bits per heavy atom. The number of hydrogen-bond acceptors (Lipinski definition) is 3. The predicted molar refractivity (Wildman–Crippen MR) is 87.1 cm³/mol. The minimum Gasteiger partial charge on any atom is -0.311 e. The van der Waals surface area contributed by atoms with Gasteiger partial charge in [0.05, 0.1) is 0 Å². The molecule has 2 saturated heterocycles. The molecule has 20 heavy (non-hydrogen) atoms. The first kappa shape index (κ1) is 16.3. The molecule has 2 fully saturated rings. The van der Waals surface area contributed by atoms with E-state index in [9.17, 15) is 0 Å². The summed E-state index contributed by atoms with van der Waals surface area (Å²) in [6.45, 7) is 15.3. The van der Waals surface area contributed by atoms with Crippen LogP contribution in [0.25, 0.3) is 0 Å². The third-order valence-corrected chi connectivity index (χ3v) is 5.25. The number of nitrogens with one attached hydrogen (secondary N) is 2. The van der Waals surface area contributed by atoms with E-state index in [0.717, 1.165) is 5.92 Å². The fourth-order valence-corrected chi connectivity index (χ4v) is 4.52. The molecule has 0 amide bonds. The molecule has 2 aliphatic rings. The van der Waals surface area contributed by atoms with Gasteiger partial charge in [0.15, 0.2) is 0 Å². The molecule has 2 rings (SSSR count). The molecular weight excluding hydrogens is 246 g/mol. The van der Waals surface area contributed by atoms with Crippen molar-refractivity contribution in [3.8, 4) is 0 Å². The summed E-state index contributed by atoms with van der Waals surface area (Å²) in [4.78, 5) is 2.50. The Bertz CT molecular complexity index is 321. The van der Waals surface area contributed by atoms with E-state index in [1.165, 1.54) is 25.8 Å². The van der Waals surface area contributed by atoms with Crippen LogP contribution in [0.4, 0.5) is 0 Å². The highest BCUT2D eigenvalue weighted by molar-refractivity contribution is 5.01. The molecule has 3 unspecified atom stereocenters. The fraction of sp³-hybridized carbons (Fsp3) is 1.00. The van der Waals surface area contributed by atoms with Crippen LogP contribution in [0.2, 0.25) is 0 Å². The highest BCUT2D eigenvalue weighted by Gasteiger charge is 2.39. The predicted octanol–water partition coefficient (Wildman–Crippen LogP) is 2.61. The van der Waals surface area contributed by atoms with Crippen molar-refractivity contribution in [1.29, 1.82) is 0 Å². The van der Waals surface area contributed by atoms with E-state index < -0.39 is 0 Å². The summed E-state index contributed by atoms with van der Waals surface area (Å²) in [6, 6.07) is 2.02. The number of piperidine rings is 2. The minimum absolute atomic E-state index is 0.236. The van der Waals surface area contributed by atoms with Crippen molar-refractivity contribution in [3.05, 3.63) is 0 Å². The topological polar surface area (TPSA) is 27.3 Å². The van der Waals surface area contributed by atoms with Crippen LogP contribution in [0, 0.1) is 5.92 Å². The molecule has 0 aliphatic carbocycles. The molecule has 3 heteroatoms. The molecule has 3 atom stereocenters. The Morgan fingerprint density at radius 3 is 2.15 bits per heavy atom. The van der Waals surface area contributed by atoms with Gasteiger partial charge in [-0.15, -0.1) is 0 Å². The van der Waals surface area contributed by atoms with Crippen molar-refractivity contribution in [2.75, 3.05) is 13.6 Å². The summed E-state index contributed by atoms with van der Waals surface area (Å²) in [5.41, 5.74) is 0.472. The second-order valence-corrected chi connectivity index (χ2v) is 8.77. The quantitative estimate of drug-likeness (QED) is 0.815. The highest BCUT2D eigenvalue weighted by atomic mass is 15.2. The Kier molecular flexibility index (Phi) is 4.54. The molecule has 0 aromatic rings. The van der Waals surface area contributed by atoms with Crippen LogP contribution in [0.1, 0.15) is 60.8 Å². The van der Waals surface area contributed by atoms with Gasteiger partial charge in [0.25, 0.3) is 0 Å². The van der Waals surface area contributed by atoms with E-state index in [0.29, 0.717) is 18.1 Å². The average Bonchev–Trinajstić information content (AvgIpc) is 2.21. The highest BCUT2D eigenvalue weighted by Crippen LogP contribution is 2.30. The van der Waals surface area contributed by atoms with Crippen LogP contribution in [-0.4, -0.2) is 47.7 Å². The maximum Gasteiger partial charge on any atom is 0.0144 e. The van der Waals surface area contributed by atoms with Gasteiger partial charge in [0, 0.05) is 35.7 Å². The van der Waals surface area contributed by atoms with Gasteiger partial charge in [0.1, 0.15) is 0 Å². The van der Waals surface area contributed by atoms with Crippen LogP contribution in [0.3, 0.4) is 0 Å². The average molecular weight is 281 g/mol. The Morgan fingerprint density at radius 1 is 1.05 bits per heavy atom. The number of rotatable bonds is 2. The number of hydrogen-bond donors (Lipinski definition) is 2. The van der Waals surface area contributed by atoms with Gasteiger partial charge >= 0.3 is 0 Å². The number of likely N-dealkylation sites (tertiary alicyclic amines) is 1. The van der Waals surface area contributed by atoms with Crippen molar-refractivity contribution in [3.63, 3.8) is 0 Å². The Labute approximate surface area is 125 Å². The van der Waals surface area contributed by atoms with Gasteiger partial charge in [0.2, 0.25) is 0 Å². The van der Waals surface area contributed by atoms with Crippen molar-refractivity contribution < 1.29 is 0 Å². The van der Waals surface area contributed by atoms with Gasteiger partial charge in [-0.3, -0.25) is 0 Å². The van der Waals surface area contributed by atoms with E-state index >= 15 is 0 Å². The molecule has 3 nitrogen and oxygen atoms in total. The smallest absolute Gasteiger partial charge is 0.0144 e. The van der Waals surface area contributed by atoms with Crippen molar-refractivity contribution in [2.24, 2.45) is 5.92 Å². The first-order chi connectivity index (χ1) is 9.08. The summed E-state index contributed by atoms with van der Waals surface area (Å²) < 4.78 is 0. The van der Waals surface area contributed by atoms with Gasteiger partial charge < -0.3 is 15.5 Å². The third-order valence-electron chi connectivity index (χ3n) is 5.25. The standard InChI is InChI=1S/C17H35N3/c1-12-11-20(7)13(2)8-15(12)18-14-9-16(3,4)19-17(5,6)10-14/h12-15,18-19H,8-11H2,1-7H3. The minimum atomic E-state index is 0.236. The lowest BCUT2D eigenvalue weighted by Gasteiger charge is -2.49. The molecule has 0 aromatic carbocycles. The lowest BCUT2D eigenvalue weighted by molar-refractivity contribution is 0.0884. The lowest BCUT2D eigenvalue weighted by atomic mass is 9.78. The number of nitrogens with zero attached hydrogens (tertiary/aromatic N) is 1. The monoisotopic (exact) mass is 281 g/mol. The summed E-state index contributed by atoms with van der Waals surface area (Å²) in [5.74, 6) is 0.748.